The van der Waals surface area contributed by atoms with Gasteiger partial charge in [-0.05, 0) is 43.5 Å². The summed E-state index contributed by atoms with van der Waals surface area (Å²) in [5, 5.41) is 7.64. The second-order valence-corrected chi connectivity index (χ2v) is 5.66. The van der Waals surface area contributed by atoms with Crippen LogP contribution in [0, 0.1) is 0 Å². The molecule has 2 aromatic rings. The fourth-order valence-corrected chi connectivity index (χ4v) is 2.95. The first-order valence-corrected chi connectivity index (χ1v) is 7.13. The monoisotopic (exact) mass is 275 g/mol. The lowest BCUT2D eigenvalue weighted by Gasteiger charge is -2.21. The largest absolute Gasteiger partial charge is 0.296 e. The third kappa shape index (κ3) is 2.67. The summed E-state index contributed by atoms with van der Waals surface area (Å²) in [4.78, 5) is 2.50. The van der Waals surface area contributed by atoms with Gasteiger partial charge in [-0.3, -0.25) is 10.00 Å². The Kier molecular flexibility index (Phi) is 3.58. The zero-order valence-corrected chi connectivity index (χ0v) is 11.8. The summed E-state index contributed by atoms with van der Waals surface area (Å²) in [6, 6.07) is 6.95. The number of H-pyrrole nitrogens is 1. The highest BCUT2D eigenvalue weighted by Crippen LogP contribution is 2.27. The van der Waals surface area contributed by atoms with E-state index in [1.54, 1.807) is 0 Å². The summed E-state index contributed by atoms with van der Waals surface area (Å²) in [5.74, 6) is 0. The fourth-order valence-electron chi connectivity index (χ4n) is 2.71. The Bertz CT molecular complexity index is 551. The van der Waals surface area contributed by atoms with Gasteiger partial charge in [-0.2, -0.15) is 5.10 Å². The molecule has 100 valence electrons. The molecule has 1 aromatic carbocycles. The number of aromatic amines is 1. The molecule has 1 aromatic heterocycles. The predicted molar refractivity (Wildman–Crippen MR) is 78.1 cm³/mol. The predicted octanol–water partition coefficient (Wildman–Crippen LogP) is 3.71. The van der Waals surface area contributed by atoms with Crippen LogP contribution in [-0.2, 0) is 6.54 Å². The van der Waals surface area contributed by atoms with Gasteiger partial charge in [-0.25, -0.2) is 0 Å². The Labute approximate surface area is 118 Å². The van der Waals surface area contributed by atoms with Gasteiger partial charge in [0.25, 0.3) is 0 Å². The van der Waals surface area contributed by atoms with Crippen molar-refractivity contribution in [3.05, 3.63) is 41.2 Å². The molecule has 1 atom stereocenters. The molecular formula is C15H18ClN3. The molecule has 0 amide bonds. The SMILES string of the molecule is C[C@@H]1CCCN1Cc1ccc(-c2cn[nH]c2)cc1Cl. The van der Waals surface area contributed by atoms with Crippen molar-refractivity contribution in [2.45, 2.75) is 32.4 Å². The van der Waals surface area contributed by atoms with E-state index in [1.807, 2.05) is 18.5 Å². The van der Waals surface area contributed by atoms with Crippen LogP contribution in [0.15, 0.2) is 30.6 Å². The van der Waals surface area contributed by atoms with Crippen LogP contribution in [0.2, 0.25) is 5.02 Å². The molecular weight excluding hydrogens is 258 g/mol. The van der Waals surface area contributed by atoms with E-state index in [0.717, 1.165) is 22.7 Å². The lowest BCUT2D eigenvalue weighted by atomic mass is 10.1. The molecule has 0 saturated carbocycles. The Morgan fingerprint density at radius 2 is 2.32 bits per heavy atom. The minimum Gasteiger partial charge on any atom is -0.296 e. The molecule has 1 N–H and O–H groups in total. The summed E-state index contributed by atoms with van der Waals surface area (Å²) in [7, 11) is 0. The normalized spacial score (nSPS) is 20.0. The van der Waals surface area contributed by atoms with Crippen molar-refractivity contribution in [3.8, 4) is 11.1 Å². The fraction of sp³-hybridized carbons (Fsp3) is 0.400. The number of nitrogens with one attached hydrogen (secondary N) is 1. The van der Waals surface area contributed by atoms with Gasteiger partial charge in [0, 0.05) is 29.4 Å². The molecule has 0 unspecified atom stereocenters. The second kappa shape index (κ2) is 5.35. The first-order valence-electron chi connectivity index (χ1n) is 6.75. The molecule has 0 radical (unpaired) electrons. The van der Waals surface area contributed by atoms with Crippen LogP contribution in [-0.4, -0.2) is 27.7 Å². The maximum absolute atomic E-state index is 6.42. The Balaban J connectivity index is 1.80. The van der Waals surface area contributed by atoms with Crippen LogP contribution in [0.25, 0.3) is 11.1 Å². The molecule has 3 rings (SSSR count). The number of rotatable bonds is 3. The molecule has 0 spiro atoms. The Morgan fingerprint density at radius 1 is 1.42 bits per heavy atom. The number of hydrogen-bond acceptors (Lipinski definition) is 2. The average molecular weight is 276 g/mol. The molecule has 1 aliphatic rings. The van der Waals surface area contributed by atoms with Crippen LogP contribution in [0.1, 0.15) is 25.3 Å². The van der Waals surface area contributed by atoms with Gasteiger partial charge in [0.05, 0.1) is 6.20 Å². The molecule has 3 nitrogen and oxygen atoms in total. The van der Waals surface area contributed by atoms with E-state index in [4.69, 9.17) is 11.6 Å². The van der Waals surface area contributed by atoms with Crippen molar-refractivity contribution in [1.29, 1.82) is 0 Å². The highest BCUT2D eigenvalue weighted by Gasteiger charge is 2.20. The molecule has 19 heavy (non-hydrogen) atoms. The number of nitrogens with zero attached hydrogens (tertiary/aromatic N) is 2. The second-order valence-electron chi connectivity index (χ2n) is 5.25. The van der Waals surface area contributed by atoms with Crippen molar-refractivity contribution in [2.75, 3.05) is 6.54 Å². The number of benzene rings is 1. The number of aromatic nitrogens is 2. The average Bonchev–Trinajstić information content (AvgIpc) is 3.04. The summed E-state index contributed by atoms with van der Waals surface area (Å²) in [6.07, 6.45) is 6.29. The number of halogens is 1. The Hall–Kier alpha value is -1.32. The molecule has 1 saturated heterocycles. The number of hydrogen-bond donors (Lipinski definition) is 1. The molecule has 1 fully saturated rings. The maximum Gasteiger partial charge on any atom is 0.0565 e. The van der Waals surface area contributed by atoms with Crippen molar-refractivity contribution in [1.82, 2.24) is 15.1 Å². The van der Waals surface area contributed by atoms with Gasteiger partial charge in [0.1, 0.15) is 0 Å². The van der Waals surface area contributed by atoms with E-state index in [2.05, 4.69) is 34.2 Å². The van der Waals surface area contributed by atoms with Crippen LogP contribution < -0.4 is 0 Å². The maximum atomic E-state index is 6.42. The van der Waals surface area contributed by atoms with Crippen LogP contribution >= 0.6 is 11.6 Å². The Morgan fingerprint density at radius 3 is 2.95 bits per heavy atom. The van der Waals surface area contributed by atoms with E-state index in [1.165, 1.54) is 24.9 Å². The molecule has 0 bridgehead atoms. The van der Waals surface area contributed by atoms with Gasteiger partial charge in [-0.15, -0.1) is 0 Å². The highest BCUT2D eigenvalue weighted by atomic mass is 35.5. The lowest BCUT2D eigenvalue weighted by molar-refractivity contribution is 0.260. The standard InChI is InChI=1S/C15H18ClN3/c1-11-3-2-6-19(11)10-13-5-4-12(7-15(13)16)14-8-17-18-9-14/h4-5,7-9,11H,2-3,6,10H2,1H3,(H,17,18)/t11-/m1/s1. The van der Waals surface area contributed by atoms with E-state index in [-0.39, 0.29) is 0 Å². The van der Waals surface area contributed by atoms with Gasteiger partial charge in [0.15, 0.2) is 0 Å². The summed E-state index contributed by atoms with van der Waals surface area (Å²) in [5.41, 5.74) is 3.39. The molecule has 4 heteroatoms. The van der Waals surface area contributed by atoms with Crippen LogP contribution in [0.5, 0.6) is 0 Å². The van der Waals surface area contributed by atoms with Gasteiger partial charge in [-0.1, -0.05) is 23.7 Å². The summed E-state index contributed by atoms with van der Waals surface area (Å²) >= 11 is 6.42. The van der Waals surface area contributed by atoms with Crippen LogP contribution in [0.4, 0.5) is 0 Å². The van der Waals surface area contributed by atoms with E-state index in [9.17, 15) is 0 Å². The zero-order valence-electron chi connectivity index (χ0n) is 11.1. The van der Waals surface area contributed by atoms with Crippen molar-refractivity contribution in [2.24, 2.45) is 0 Å². The quantitative estimate of drug-likeness (QED) is 0.926. The van der Waals surface area contributed by atoms with Crippen LogP contribution in [0.3, 0.4) is 0 Å². The van der Waals surface area contributed by atoms with E-state index >= 15 is 0 Å². The molecule has 1 aliphatic heterocycles. The van der Waals surface area contributed by atoms with Gasteiger partial charge >= 0.3 is 0 Å². The van der Waals surface area contributed by atoms with Gasteiger partial charge < -0.3 is 0 Å². The minimum atomic E-state index is 0.671. The zero-order chi connectivity index (χ0) is 13.2. The van der Waals surface area contributed by atoms with E-state index in [0.29, 0.717) is 6.04 Å². The first kappa shape index (κ1) is 12.7. The number of likely N-dealkylation sites (tertiary alicyclic amines) is 1. The molecule has 0 aliphatic carbocycles. The molecule has 2 heterocycles. The lowest BCUT2D eigenvalue weighted by Crippen LogP contribution is -2.26. The summed E-state index contributed by atoms with van der Waals surface area (Å²) < 4.78 is 0. The smallest absolute Gasteiger partial charge is 0.0565 e. The van der Waals surface area contributed by atoms with Crippen molar-refractivity contribution in [3.63, 3.8) is 0 Å². The van der Waals surface area contributed by atoms with Crippen molar-refractivity contribution >= 4 is 11.6 Å². The first-order chi connectivity index (χ1) is 9.24. The topological polar surface area (TPSA) is 31.9 Å². The minimum absolute atomic E-state index is 0.671. The highest BCUT2D eigenvalue weighted by molar-refractivity contribution is 6.31. The third-order valence-electron chi connectivity index (χ3n) is 3.95. The summed E-state index contributed by atoms with van der Waals surface area (Å²) in [6.45, 7) is 4.42. The third-order valence-corrected chi connectivity index (χ3v) is 4.30. The van der Waals surface area contributed by atoms with Crippen molar-refractivity contribution < 1.29 is 0 Å². The van der Waals surface area contributed by atoms with E-state index < -0.39 is 0 Å². The van der Waals surface area contributed by atoms with Gasteiger partial charge in [0.2, 0.25) is 0 Å².